The van der Waals surface area contributed by atoms with Gasteiger partial charge >= 0.3 is 6.09 Å². The molecule has 1 aromatic heterocycles. The number of amides is 1. The Balaban J connectivity index is 2.25. The highest BCUT2D eigenvalue weighted by atomic mass is 127. The SMILES string of the molecule is Cc1nn2c(c1I)N(C(=O)OC(C)(C)C)CC2. The Morgan fingerprint density at radius 3 is 2.65 bits per heavy atom. The number of hydrogen-bond acceptors (Lipinski definition) is 3. The summed E-state index contributed by atoms with van der Waals surface area (Å²) in [5, 5.41) is 4.38. The maximum absolute atomic E-state index is 12.0. The van der Waals surface area contributed by atoms with E-state index in [2.05, 4.69) is 27.7 Å². The molecule has 1 aliphatic rings. The van der Waals surface area contributed by atoms with Crippen molar-refractivity contribution in [2.75, 3.05) is 11.4 Å². The minimum Gasteiger partial charge on any atom is -0.443 e. The molecule has 6 heteroatoms. The second-order valence-electron chi connectivity index (χ2n) is 5.08. The van der Waals surface area contributed by atoms with Crippen LogP contribution in [0.4, 0.5) is 10.6 Å². The molecule has 0 N–H and O–H groups in total. The molecule has 0 aromatic carbocycles. The Morgan fingerprint density at radius 1 is 1.41 bits per heavy atom. The van der Waals surface area contributed by atoms with E-state index in [0.29, 0.717) is 6.54 Å². The highest BCUT2D eigenvalue weighted by molar-refractivity contribution is 14.1. The smallest absolute Gasteiger partial charge is 0.416 e. The molecule has 2 heterocycles. The van der Waals surface area contributed by atoms with Crippen LogP contribution in [-0.4, -0.2) is 28.0 Å². The van der Waals surface area contributed by atoms with Gasteiger partial charge in [-0.05, 0) is 50.3 Å². The zero-order chi connectivity index (χ0) is 12.8. The summed E-state index contributed by atoms with van der Waals surface area (Å²) in [6.07, 6.45) is -0.297. The highest BCUT2D eigenvalue weighted by Gasteiger charge is 2.32. The predicted molar refractivity (Wildman–Crippen MR) is 73.3 cm³/mol. The van der Waals surface area contributed by atoms with E-state index in [0.717, 1.165) is 21.6 Å². The van der Waals surface area contributed by atoms with Crippen molar-refractivity contribution < 1.29 is 9.53 Å². The number of aromatic nitrogens is 2. The first-order valence-corrected chi connectivity index (χ1v) is 6.61. The summed E-state index contributed by atoms with van der Waals surface area (Å²) >= 11 is 2.22. The average molecular weight is 349 g/mol. The van der Waals surface area contributed by atoms with Crippen LogP contribution in [0, 0.1) is 10.5 Å². The fourth-order valence-corrected chi connectivity index (χ4v) is 2.43. The van der Waals surface area contributed by atoms with E-state index in [1.165, 1.54) is 0 Å². The molecule has 0 unspecified atom stereocenters. The summed E-state index contributed by atoms with van der Waals surface area (Å²) in [4.78, 5) is 13.7. The highest BCUT2D eigenvalue weighted by Crippen LogP contribution is 2.30. The first-order valence-electron chi connectivity index (χ1n) is 5.53. The zero-order valence-electron chi connectivity index (χ0n) is 10.5. The van der Waals surface area contributed by atoms with Gasteiger partial charge in [0.1, 0.15) is 11.4 Å². The lowest BCUT2D eigenvalue weighted by Gasteiger charge is -2.24. The van der Waals surface area contributed by atoms with Crippen LogP contribution in [0.15, 0.2) is 0 Å². The largest absolute Gasteiger partial charge is 0.443 e. The number of ether oxygens (including phenoxy) is 1. The molecule has 0 radical (unpaired) electrons. The number of hydrogen-bond donors (Lipinski definition) is 0. The molecule has 1 amide bonds. The van der Waals surface area contributed by atoms with Gasteiger partial charge < -0.3 is 4.74 Å². The number of nitrogens with zero attached hydrogens (tertiary/aromatic N) is 3. The van der Waals surface area contributed by atoms with Crippen molar-refractivity contribution in [3.63, 3.8) is 0 Å². The van der Waals surface area contributed by atoms with Crippen LogP contribution < -0.4 is 4.90 Å². The van der Waals surface area contributed by atoms with Gasteiger partial charge in [-0.1, -0.05) is 0 Å². The number of halogens is 1. The van der Waals surface area contributed by atoms with E-state index in [9.17, 15) is 4.79 Å². The molecule has 0 aliphatic carbocycles. The molecule has 94 valence electrons. The first kappa shape index (κ1) is 12.7. The maximum atomic E-state index is 12.0. The Kier molecular flexibility index (Phi) is 3.09. The van der Waals surface area contributed by atoms with Crippen LogP contribution in [0.2, 0.25) is 0 Å². The molecule has 5 nitrogen and oxygen atoms in total. The minimum absolute atomic E-state index is 0.297. The van der Waals surface area contributed by atoms with Crippen LogP contribution >= 0.6 is 22.6 Å². The van der Waals surface area contributed by atoms with Crippen molar-refractivity contribution >= 4 is 34.5 Å². The van der Waals surface area contributed by atoms with Gasteiger partial charge in [-0.15, -0.1) is 0 Å². The third-order valence-corrected chi connectivity index (χ3v) is 3.70. The predicted octanol–water partition coefficient (Wildman–Crippen LogP) is 2.55. The molecule has 0 spiro atoms. The van der Waals surface area contributed by atoms with Gasteiger partial charge in [-0.25, -0.2) is 9.48 Å². The van der Waals surface area contributed by atoms with E-state index in [1.807, 2.05) is 32.4 Å². The molecular formula is C11H16IN3O2. The van der Waals surface area contributed by atoms with Gasteiger partial charge in [0.15, 0.2) is 0 Å². The standard InChI is InChI=1S/C11H16IN3O2/c1-7-8(12)9-14(5-6-15(9)13-7)10(16)17-11(2,3)4/h5-6H2,1-4H3. The van der Waals surface area contributed by atoms with Crippen molar-refractivity contribution in [2.45, 2.75) is 39.8 Å². The topological polar surface area (TPSA) is 47.4 Å². The van der Waals surface area contributed by atoms with Crippen LogP contribution in [0.1, 0.15) is 26.5 Å². The van der Waals surface area contributed by atoms with Gasteiger partial charge in [0.05, 0.1) is 22.4 Å². The Hall–Kier alpha value is -0.790. The second kappa shape index (κ2) is 4.15. The fraction of sp³-hybridized carbons (Fsp3) is 0.636. The quantitative estimate of drug-likeness (QED) is 0.677. The molecular weight excluding hydrogens is 333 g/mol. The third kappa shape index (κ3) is 2.41. The van der Waals surface area contributed by atoms with Crippen molar-refractivity contribution in [1.29, 1.82) is 0 Å². The maximum Gasteiger partial charge on any atom is 0.416 e. The van der Waals surface area contributed by atoms with Crippen LogP contribution in [0.5, 0.6) is 0 Å². The second-order valence-corrected chi connectivity index (χ2v) is 6.16. The monoisotopic (exact) mass is 349 g/mol. The van der Waals surface area contributed by atoms with Crippen molar-refractivity contribution in [3.05, 3.63) is 9.26 Å². The van der Waals surface area contributed by atoms with Gasteiger partial charge in [-0.2, -0.15) is 5.10 Å². The first-order chi connectivity index (χ1) is 7.79. The summed E-state index contributed by atoms with van der Waals surface area (Å²) in [5.41, 5.74) is 0.485. The van der Waals surface area contributed by atoms with Crippen molar-refractivity contribution in [3.8, 4) is 0 Å². The Labute approximate surface area is 114 Å². The number of fused-ring (bicyclic) bond motifs is 1. The fourth-order valence-electron chi connectivity index (χ4n) is 1.76. The lowest BCUT2D eigenvalue weighted by atomic mass is 10.2. The normalized spacial score (nSPS) is 15.0. The van der Waals surface area contributed by atoms with E-state index >= 15 is 0 Å². The van der Waals surface area contributed by atoms with Crippen LogP contribution in [0.25, 0.3) is 0 Å². The Morgan fingerprint density at radius 2 is 2.06 bits per heavy atom. The molecule has 0 saturated heterocycles. The van der Waals surface area contributed by atoms with Crippen molar-refractivity contribution in [1.82, 2.24) is 9.78 Å². The summed E-state index contributed by atoms with van der Waals surface area (Å²) < 4.78 is 8.27. The van der Waals surface area contributed by atoms with Gasteiger partial charge in [0.2, 0.25) is 0 Å². The molecule has 0 atom stereocenters. The zero-order valence-corrected chi connectivity index (χ0v) is 12.6. The number of aryl methyl sites for hydroxylation is 1. The molecule has 17 heavy (non-hydrogen) atoms. The molecule has 0 saturated carbocycles. The minimum atomic E-state index is -0.467. The van der Waals surface area contributed by atoms with Gasteiger partial charge in [0.25, 0.3) is 0 Å². The number of carbonyl (C=O) groups excluding carboxylic acids is 1. The molecule has 1 aliphatic heterocycles. The van der Waals surface area contributed by atoms with Crippen molar-refractivity contribution in [2.24, 2.45) is 0 Å². The number of carbonyl (C=O) groups is 1. The summed E-state index contributed by atoms with van der Waals surface area (Å²) in [6.45, 7) is 8.92. The summed E-state index contributed by atoms with van der Waals surface area (Å²) in [5.74, 6) is 0.859. The third-order valence-electron chi connectivity index (χ3n) is 2.43. The molecule has 1 aromatic rings. The Bertz CT molecular complexity index is 462. The summed E-state index contributed by atoms with van der Waals surface area (Å²) in [6, 6.07) is 0. The van der Waals surface area contributed by atoms with E-state index in [4.69, 9.17) is 4.74 Å². The lowest BCUT2D eigenvalue weighted by molar-refractivity contribution is 0.0584. The van der Waals surface area contributed by atoms with E-state index in [-0.39, 0.29) is 6.09 Å². The van der Waals surface area contributed by atoms with E-state index < -0.39 is 5.60 Å². The number of anilines is 1. The van der Waals surface area contributed by atoms with Gasteiger partial charge in [0, 0.05) is 0 Å². The molecule has 2 rings (SSSR count). The summed E-state index contributed by atoms with van der Waals surface area (Å²) in [7, 11) is 0. The van der Waals surface area contributed by atoms with Crippen LogP contribution in [-0.2, 0) is 11.3 Å². The average Bonchev–Trinajstić information content (AvgIpc) is 2.67. The molecule has 0 bridgehead atoms. The van der Waals surface area contributed by atoms with Gasteiger partial charge in [-0.3, -0.25) is 4.90 Å². The van der Waals surface area contributed by atoms with E-state index in [1.54, 1.807) is 4.90 Å². The molecule has 0 fully saturated rings. The lowest BCUT2D eigenvalue weighted by Crippen LogP contribution is -2.36. The number of rotatable bonds is 0. The van der Waals surface area contributed by atoms with Crippen LogP contribution in [0.3, 0.4) is 0 Å².